The average Bonchev–Trinajstić information content (AvgIpc) is 2.80. The molecule has 0 bridgehead atoms. The van der Waals surface area contributed by atoms with Gasteiger partial charge in [-0.3, -0.25) is 4.74 Å². The lowest BCUT2D eigenvalue weighted by atomic mass is 10.1. The van der Waals surface area contributed by atoms with Crippen molar-refractivity contribution < 1.29 is 44.8 Å². The summed E-state index contributed by atoms with van der Waals surface area (Å²) in [7, 11) is 0. The van der Waals surface area contributed by atoms with Crippen LogP contribution in [0.3, 0.4) is 0 Å². The van der Waals surface area contributed by atoms with Gasteiger partial charge in [-0.15, -0.1) is 0 Å². The summed E-state index contributed by atoms with van der Waals surface area (Å²) in [6.45, 7) is -1.04. The van der Waals surface area contributed by atoms with Crippen molar-refractivity contribution in [3.05, 3.63) is 0 Å². The Morgan fingerprint density at radius 2 is 1.68 bits per heavy atom. The fourth-order valence-electron chi connectivity index (χ4n) is 2.14. The molecule has 19 heavy (non-hydrogen) atoms. The maximum absolute atomic E-state index is 9.94. The Balaban J connectivity index is 1.98. The van der Waals surface area contributed by atoms with E-state index in [-0.39, 0.29) is 6.42 Å². The Labute approximate surface area is 108 Å². The molecule has 0 spiro atoms. The summed E-state index contributed by atoms with van der Waals surface area (Å²) in [5.74, 6) is -2.23. The Bertz CT molecular complexity index is 313. The lowest BCUT2D eigenvalue weighted by molar-refractivity contribution is -0.400. The van der Waals surface area contributed by atoms with Crippen LogP contribution >= 0.6 is 0 Å². The second-order valence-electron chi connectivity index (χ2n) is 4.65. The third-order valence-corrected chi connectivity index (χ3v) is 3.21. The average molecular weight is 282 g/mol. The summed E-state index contributed by atoms with van der Waals surface area (Å²) in [6.07, 6.45) is -7.78. The van der Waals surface area contributed by atoms with Gasteiger partial charge in [0.25, 0.3) is 5.97 Å². The normalized spacial score (nSPS) is 50.8. The largest absolute Gasteiger partial charge is 0.394 e. The predicted molar refractivity (Wildman–Crippen MR) is 56.4 cm³/mol. The SMILES string of the molecule is OC[C@H]1O[C@H](O[C@]2(O)C[C@H](O)[C@@H](CO)O2)[C@H](O)[C@@H]1O. The Morgan fingerprint density at radius 1 is 1.05 bits per heavy atom. The van der Waals surface area contributed by atoms with E-state index < -0.39 is 56.0 Å². The van der Waals surface area contributed by atoms with Crippen LogP contribution in [0.2, 0.25) is 0 Å². The van der Waals surface area contributed by atoms with Crippen molar-refractivity contribution in [2.75, 3.05) is 13.2 Å². The van der Waals surface area contributed by atoms with E-state index in [4.69, 9.17) is 24.4 Å². The molecule has 9 nitrogen and oxygen atoms in total. The van der Waals surface area contributed by atoms with Crippen molar-refractivity contribution in [2.24, 2.45) is 0 Å². The van der Waals surface area contributed by atoms with Crippen LogP contribution in [0.5, 0.6) is 0 Å². The second kappa shape index (κ2) is 5.56. The monoisotopic (exact) mass is 282 g/mol. The van der Waals surface area contributed by atoms with E-state index in [1.54, 1.807) is 0 Å². The summed E-state index contributed by atoms with van der Waals surface area (Å²) in [4.78, 5) is 0. The van der Waals surface area contributed by atoms with Gasteiger partial charge in [0.05, 0.1) is 25.7 Å². The predicted octanol–water partition coefficient (Wildman–Crippen LogP) is -3.77. The van der Waals surface area contributed by atoms with Gasteiger partial charge in [-0.1, -0.05) is 0 Å². The van der Waals surface area contributed by atoms with E-state index in [1.165, 1.54) is 0 Å². The standard InChI is InChI=1S/C10H18O9/c11-2-5-4(13)1-10(16,18-5)19-9-8(15)7(14)6(3-12)17-9/h4-9,11-16H,1-3H2/t4-,5+,6+,7+,8+,9+,10-/m0/s1. The van der Waals surface area contributed by atoms with Gasteiger partial charge in [-0.2, -0.15) is 0 Å². The van der Waals surface area contributed by atoms with Crippen LogP contribution in [0.15, 0.2) is 0 Å². The highest BCUT2D eigenvalue weighted by molar-refractivity contribution is 4.88. The lowest BCUT2D eigenvalue weighted by Gasteiger charge is -2.27. The summed E-state index contributed by atoms with van der Waals surface area (Å²) in [5, 5.41) is 56.4. The molecule has 0 aliphatic carbocycles. The number of ether oxygens (including phenoxy) is 3. The number of hydrogen-bond acceptors (Lipinski definition) is 9. The van der Waals surface area contributed by atoms with Gasteiger partial charge in [0.2, 0.25) is 0 Å². The van der Waals surface area contributed by atoms with Crippen LogP contribution in [-0.2, 0) is 14.2 Å². The van der Waals surface area contributed by atoms with E-state index in [1.807, 2.05) is 0 Å². The van der Waals surface area contributed by atoms with E-state index in [0.29, 0.717) is 0 Å². The smallest absolute Gasteiger partial charge is 0.285 e. The first kappa shape index (κ1) is 15.0. The molecule has 112 valence electrons. The van der Waals surface area contributed by atoms with Crippen molar-refractivity contribution in [3.8, 4) is 0 Å². The molecule has 0 unspecified atom stereocenters. The third-order valence-electron chi connectivity index (χ3n) is 3.21. The molecule has 9 heteroatoms. The molecule has 0 aromatic carbocycles. The minimum absolute atomic E-state index is 0.343. The molecule has 2 aliphatic rings. The molecule has 0 aromatic heterocycles. The van der Waals surface area contributed by atoms with Crippen molar-refractivity contribution in [2.45, 2.75) is 49.2 Å². The molecule has 0 amide bonds. The first-order valence-electron chi connectivity index (χ1n) is 5.89. The van der Waals surface area contributed by atoms with Gasteiger partial charge in [0, 0.05) is 0 Å². The number of aliphatic hydroxyl groups excluding tert-OH is 5. The summed E-state index contributed by atoms with van der Waals surface area (Å²) >= 11 is 0. The highest BCUT2D eigenvalue weighted by Gasteiger charge is 2.52. The Morgan fingerprint density at radius 3 is 2.16 bits per heavy atom. The van der Waals surface area contributed by atoms with Crippen molar-refractivity contribution in [1.29, 1.82) is 0 Å². The van der Waals surface area contributed by atoms with E-state index in [9.17, 15) is 20.4 Å². The minimum atomic E-state index is -2.23. The van der Waals surface area contributed by atoms with Crippen LogP contribution in [0.25, 0.3) is 0 Å². The van der Waals surface area contributed by atoms with Gasteiger partial charge < -0.3 is 40.1 Å². The van der Waals surface area contributed by atoms with Crippen molar-refractivity contribution in [1.82, 2.24) is 0 Å². The molecule has 0 radical (unpaired) electrons. The van der Waals surface area contributed by atoms with Crippen molar-refractivity contribution in [3.63, 3.8) is 0 Å². The first-order chi connectivity index (χ1) is 8.90. The zero-order chi connectivity index (χ0) is 14.2. The Hall–Kier alpha value is -0.360. The molecular formula is C10H18O9. The molecule has 0 saturated carbocycles. The minimum Gasteiger partial charge on any atom is -0.394 e. The maximum Gasteiger partial charge on any atom is 0.285 e. The van der Waals surface area contributed by atoms with Gasteiger partial charge in [0.15, 0.2) is 6.29 Å². The quantitative estimate of drug-likeness (QED) is 0.286. The van der Waals surface area contributed by atoms with Crippen molar-refractivity contribution >= 4 is 0 Å². The molecule has 2 fully saturated rings. The highest BCUT2D eigenvalue weighted by atomic mass is 16.9. The van der Waals surface area contributed by atoms with Crippen LogP contribution < -0.4 is 0 Å². The molecule has 2 saturated heterocycles. The number of rotatable bonds is 4. The van der Waals surface area contributed by atoms with Crippen LogP contribution in [0, 0.1) is 0 Å². The molecule has 2 heterocycles. The fourth-order valence-corrected chi connectivity index (χ4v) is 2.14. The molecule has 0 aromatic rings. The molecule has 7 atom stereocenters. The third kappa shape index (κ3) is 2.89. The molecule has 2 aliphatic heterocycles. The highest BCUT2D eigenvalue weighted by Crippen LogP contribution is 2.34. The zero-order valence-corrected chi connectivity index (χ0v) is 9.99. The first-order valence-corrected chi connectivity index (χ1v) is 5.89. The van der Waals surface area contributed by atoms with E-state index >= 15 is 0 Å². The van der Waals surface area contributed by atoms with E-state index in [0.717, 1.165) is 0 Å². The summed E-state index contributed by atoms with van der Waals surface area (Å²) < 4.78 is 14.9. The van der Waals surface area contributed by atoms with E-state index in [2.05, 4.69) is 0 Å². The van der Waals surface area contributed by atoms with Gasteiger partial charge in [-0.05, 0) is 0 Å². The van der Waals surface area contributed by atoms with Crippen LogP contribution in [0.4, 0.5) is 0 Å². The van der Waals surface area contributed by atoms with Gasteiger partial charge in [0.1, 0.15) is 24.4 Å². The van der Waals surface area contributed by atoms with Gasteiger partial charge >= 0.3 is 0 Å². The molecule has 2 rings (SSSR count). The Kier molecular flexibility index (Phi) is 4.40. The summed E-state index contributed by atoms with van der Waals surface area (Å²) in [6, 6.07) is 0. The molecule has 6 N–H and O–H groups in total. The maximum atomic E-state index is 9.94. The van der Waals surface area contributed by atoms with Gasteiger partial charge in [-0.25, -0.2) is 0 Å². The van der Waals surface area contributed by atoms with Crippen LogP contribution in [-0.4, -0.2) is 86.6 Å². The topological polar surface area (TPSA) is 149 Å². The number of aliphatic hydroxyl groups is 6. The summed E-state index contributed by atoms with van der Waals surface area (Å²) in [5.41, 5.74) is 0. The number of hydrogen-bond donors (Lipinski definition) is 6. The second-order valence-corrected chi connectivity index (χ2v) is 4.65. The van der Waals surface area contributed by atoms with Crippen LogP contribution in [0.1, 0.15) is 6.42 Å². The fraction of sp³-hybridized carbons (Fsp3) is 1.00. The zero-order valence-electron chi connectivity index (χ0n) is 9.99. The molecular weight excluding hydrogens is 264 g/mol. The lowest BCUT2D eigenvalue weighted by Crippen LogP contribution is -2.42.